The summed E-state index contributed by atoms with van der Waals surface area (Å²) < 4.78 is 30.2. The number of aliphatic hydroxyl groups is 7. The van der Waals surface area contributed by atoms with E-state index in [1.165, 1.54) is 6.92 Å². The van der Waals surface area contributed by atoms with E-state index in [1.807, 2.05) is 32.9 Å². The molecule has 2 amide bonds. The fourth-order valence-electron chi connectivity index (χ4n) is 6.40. The highest BCUT2D eigenvalue weighted by Crippen LogP contribution is 2.37. The highest BCUT2D eigenvalue weighted by molar-refractivity contribution is 14.1. The maximum Gasteiger partial charge on any atom is 0.251 e. The number of halogens is 1. The third-order valence-corrected chi connectivity index (χ3v) is 10.1. The van der Waals surface area contributed by atoms with Crippen LogP contribution >= 0.6 is 22.6 Å². The van der Waals surface area contributed by atoms with Gasteiger partial charge in [-0.1, -0.05) is 27.2 Å². The second kappa shape index (κ2) is 18.6. The standard InChI is InChI=1S/C34H53IN2O14/c1-16-28(50-32-26(44)23(41)19(39)15-47-32)25(43)27(45)33(48-16)51-29-24(42)22(20(14-38)49-30(29)34(2,3)4)37-21(40)8-6-5-7-13-36-31(46)17-9-11-18(35)12-10-17/h9-12,16,19-20,22-30,32-33,38-39,41-45H,5-8,13-15H2,1-4H3,(H,36,46)(H,37,40)/t16?,19-,20-,22-,23?,24?,25?,26?,27?,28+,29?,30-,32+,33+/m1/s1. The van der Waals surface area contributed by atoms with Gasteiger partial charge in [0.25, 0.3) is 5.91 Å². The summed E-state index contributed by atoms with van der Waals surface area (Å²) in [5.41, 5.74) is -0.0991. The number of benzene rings is 1. The topological polar surface area (TPSA) is 246 Å². The second-order valence-corrected chi connectivity index (χ2v) is 15.7. The molecule has 14 atom stereocenters. The van der Waals surface area contributed by atoms with Gasteiger partial charge in [0.15, 0.2) is 12.6 Å². The van der Waals surface area contributed by atoms with Gasteiger partial charge in [-0.3, -0.25) is 9.59 Å². The van der Waals surface area contributed by atoms with Crippen LogP contribution in [0.5, 0.6) is 0 Å². The Hall–Kier alpha value is -1.59. The number of nitrogens with one attached hydrogen (secondary N) is 2. The zero-order chi connectivity index (χ0) is 37.6. The van der Waals surface area contributed by atoms with Crippen molar-refractivity contribution in [2.24, 2.45) is 5.41 Å². The quantitative estimate of drug-likeness (QED) is 0.0847. The molecule has 3 aliphatic rings. The molecule has 16 nitrogen and oxygen atoms in total. The van der Waals surface area contributed by atoms with Gasteiger partial charge in [0.1, 0.15) is 54.9 Å². The normalized spacial score (nSPS) is 37.5. The SMILES string of the molecule is CC1O[C@@H](OC2C(O)[C@H](NC(=O)CCCCCNC(=O)c3ccc(I)cc3)[C@@H](CO)O[C@H]2C(C)(C)C)C(O)C(O)[C@H]1O[C@@H]1OC[C@@H](O)C(O)C1O. The van der Waals surface area contributed by atoms with Gasteiger partial charge in [0, 0.05) is 22.1 Å². The monoisotopic (exact) mass is 840 g/mol. The molecule has 4 rings (SSSR count). The van der Waals surface area contributed by atoms with Crippen LogP contribution in [0.2, 0.25) is 0 Å². The fourth-order valence-corrected chi connectivity index (χ4v) is 6.76. The summed E-state index contributed by atoms with van der Waals surface area (Å²) in [6.45, 7) is 6.62. The molecular weight excluding hydrogens is 787 g/mol. The third kappa shape index (κ3) is 10.8. The van der Waals surface area contributed by atoms with Crippen molar-refractivity contribution in [1.82, 2.24) is 10.6 Å². The lowest BCUT2D eigenvalue weighted by Crippen LogP contribution is -2.69. The first-order valence-corrected chi connectivity index (χ1v) is 18.4. The number of hydrogen-bond acceptors (Lipinski definition) is 14. The molecule has 51 heavy (non-hydrogen) atoms. The number of carbonyl (C=O) groups excluding carboxylic acids is 2. The van der Waals surface area contributed by atoms with Crippen LogP contribution in [0.4, 0.5) is 0 Å². The van der Waals surface area contributed by atoms with Crippen molar-refractivity contribution in [3.8, 4) is 0 Å². The van der Waals surface area contributed by atoms with Gasteiger partial charge in [0.05, 0.1) is 31.5 Å². The van der Waals surface area contributed by atoms with Gasteiger partial charge in [-0.15, -0.1) is 0 Å². The molecule has 3 fully saturated rings. The van der Waals surface area contributed by atoms with Crippen LogP contribution in [0.15, 0.2) is 24.3 Å². The predicted octanol–water partition coefficient (Wildman–Crippen LogP) is -1.09. The molecule has 17 heteroatoms. The lowest BCUT2D eigenvalue weighted by molar-refractivity contribution is -0.361. The molecule has 9 N–H and O–H groups in total. The van der Waals surface area contributed by atoms with Crippen molar-refractivity contribution in [2.75, 3.05) is 19.8 Å². The van der Waals surface area contributed by atoms with Gasteiger partial charge in [0.2, 0.25) is 5.91 Å². The number of aliphatic hydroxyl groups excluding tert-OH is 7. The van der Waals surface area contributed by atoms with Crippen LogP contribution < -0.4 is 10.6 Å². The largest absolute Gasteiger partial charge is 0.394 e. The number of carbonyl (C=O) groups is 2. The molecule has 3 saturated heterocycles. The number of unbranched alkanes of at least 4 members (excludes halogenated alkanes) is 2. The molecular formula is C34H53IN2O14. The minimum Gasteiger partial charge on any atom is -0.394 e. The molecule has 1 aromatic carbocycles. The molecule has 7 unspecified atom stereocenters. The molecule has 0 bridgehead atoms. The minimum absolute atomic E-state index is 0.117. The molecule has 0 aliphatic carbocycles. The van der Waals surface area contributed by atoms with Crippen LogP contribution in [0, 0.1) is 8.99 Å². The average molecular weight is 841 g/mol. The number of amides is 2. The van der Waals surface area contributed by atoms with Crippen LogP contribution in [0.1, 0.15) is 63.7 Å². The lowest BCUT2D eigenvalue weighted by Gasteiger charge is -2.51. The molecule has 0 radical (unpaired) electrons. The van der Waals surface area contributed by atoms with Crippen molar-refractivity contribution in [3.63, 3.8) is 0 Å². The predicted molar refractivity (Wildman–Crippen MR) is 187 cm³/mol. The molecule has 0 saturated carbocycles. The summed E-state index contributed by atoms with van der Waals surface area (Å²) in [5.74, 6) is -0.560. The van der Waals surface area contributed by atoms with Gasteiger partial charge in [-0.2, -0.15) is 0 Å². The van der Waals surface area contributed by atoms with Crippen LogP contribution in [0.25, 0.3) is 0 Å². The first-order chi connectivity index (χ1) is 24.0. The van der Waals surface area contributed by atoms with E-state index in [2.05, 4.69) is 33.2 Å². The van der Waals surface area contributed by atoms with Gasteiger partial charge in [-0.25, -0.2) is 0 Å². The molecule has 3 heterocycles. The van der Waals surface area contributed by atoms with E-state index in [9.17, 15) is 45.3 Å². The first-order valence-electron chi connectivity index (χ1n) is 17.3. The molecule has 1 aromatic rings. The van der Waals surface area contributed by atoms with Crippen molar-refractivity contribution in [2.45, 2.75) is 139 Å². The summed E-state index contributed by atoms with van der Waals surface area (Å²) >= 11 is 2.17. The Bertz CT molecular complexity index is 1270. The number of hydrogen-bond donors (Lipinski definition) is 9. The van der Waals surface area contributed by atoms with Crippen LogP contribution in [-0.4, -0.2) is 153 Å². The smallest absolute Gasteiger partial charge is 0.251 e. The molecule has 290 valence electrons. The molecule has 3 aliphatic heterocycles. The summed E-state index contributed by atoms with van der Waals surface area (Å²) in [5, 5.41) is 79.5. The van der Waals surface area contributed by atoms with Crippen molar-refractivity contribution >= 4 is 34.4 Å². The van der Waals surface area contributed by atoms with Crippen molar-refractivity contribution in [3.05, 3.63) is 33.4 Å². The summed E-state index contributed by atoms with van der Waals surface area (Å²) in [7, 11) is 0. The fraction of sp³-hybridized carbons (Fsp3) is 0.765. The summed E-state index contributed by atoms with van der Waals surface area (Å²) in [6.07, 6.45) is -15.6. The van der Waals surface area contributed by atoms with E-state index in [4.69, 9.17) is 23.7 Å². The van der Waals surface area contributed by atoms with Crippen molar-refractivity contribution < 1.29 is 69.0 Å². The van der Waals surface area contributed by atoms with E-state index >= 15 is 0 Å². The third-order valence-electron chi connectivity index (χ3n) is 9.37. The maximum atomic E-state index is 13.0. The highest BCUT2D eigenvalue weighted by atomic mass is 127. The van der Waals surface area contributed by atoms with Gasteiger partial charge >= 0.3 is 0 Å². The zero-order valence-electron chi connectivity index (χ0n) is 29.2. The van der Waals surface area contributed by atoms with Gasteiger partial charge < -0.3 is 70.1 Å². The number of ether oxygens (including phenoxy) is 5. The zero-order valence-corrected chi connectivity index (χ0v) is 31.4. The van der Waals surface area contributed by atoms with E-state index in [0.717, 1.165) is 3.57 Å². The molecule has 0 aromatic heterocycles. The van der Waals surface area contributed by atoms with E-state index < -0.39 is 97.8 Å². The Labute approximate surface area is 310 Å². The Kier molecular flexibility index (Phi) is 15.4. The molecule has 0 spiro atoms. The maximum absolute atomic E-state index is 13.0. The Balaban J connectivity index is 1.33. The van der Waals surface area contributed by atoms with Crippen LogP contribution in [-0.2, 0) is 28.5 Å². The highest BCUT2D eigenvalue weighted by Gasteiger charge is 2.54. The van der Waals surface area contributed by atoms with Crippen molar-refractivity contribution in [1.29, 1.82) is 0 Å². The Morgan fingerprint density at radius 3 is 2.16 bits per heavy atom. The van der Waals surface area contributed by atoms with E-state index in [-0.39, 0.29) is 24.8 Å². The summed E-state index contributed by atoms with van der Waals surface area (Å²) in [6, 6.07) is 6.13. The van der Waals surface area contributed by atoms with E-state index in [1.54, 1.807) is 12.1 Å². The first kappa shape index (κ1) is 42.2. The second-order valence-electron chi connectivity index (χ2n) is 14.4. The Morgan fingerprint density at radius 1 is 0.863 bits per heavy atom. The Morgan fingerprint density at radius 2 is 1.51 bits per heavy atom. The summed E-state index contributed by atoms with van der Waals surface area (Å²) in [4.78, 5) is 25.3. The average Bonchev–Trinajstić information content (AvgIpc) is 3.08. The lowest BCUT2D eigenvalue weighted by atomic mass is 9.79. The van der Waals surface area contributed by atoms with E-state index in [0.29, 0.717) is 31.4 Å². The van der Waals surface area contributed by atoms with Gasteiger partial charge in [-0.05, 0) is 72.0 Å². The number of rotatable bonds is 13. The van der Waals surface area contributed by atoms with Crippen LogP contribution in [0.3, 0.4) is 0 Å². The minimum atomic E-state index is -1.72.